The maximum Gasteiger partial charge on any atom is 0.417 e. The van der Waals surface area contributed by atoms with Crippen LogP contribution in [0.3, 0.4) is 0 Å². The van der Waals surface area contributed by atoms with Gasteiger partial charge in [-0.05, 0) is 30.3 Å². The third kappa shape index (κ3) is 5.53. The van der Waals surface area contributed by atoms with Crippen LogP contribution < -0.4 is 10.1 Å². The highest BCUT2D eigenvalue weighted by Gasteiger charge is 2.39. The smallest absolute Gasteiger partial charge is 0.417 e. The van der Waals surface area contributed by atoms with E-state index in [1.54, 1.807) is 0 Å². The number of hydrogen-bond acceptors (Lipinski definition) is 4. The van der Waals surface area contributed by atoms with E-state index in [1.807, 2.05) is 0 Å². The third-order valence-corrected chi connectivity index (χ3v) is 6.00. The number of methoxy groups -OCH3 is 1. The molecule has 2 aromatic rings. The molecule has 0 aliphatic rings. The molecule has 1 amide bonds. The number of carbonyl (C=O) groups excluding carboxylic acids is 1. The Labute approximate surface area is 176 Å². The maximum atomic E-state index is 13.3. The minimum Gasteiger partial charge on any atom is -0.495 e. The van der Waals surface area contributed by atoms with E-state index in [-0.39, 0.29) is 18.0 Å². The van der Waals surface area contributed by atoms with Gasteiger partial charge in [0, 0.05) is 11.6 Å². The van der Waals surface area contributed by atoms with Crippen molar-refractivity contribution < 1.29 is 31.1 Å². The molecule has 0 radical (unpaired) electrons. The number of alkyl halides is 3. The molecule has 2 rings (SSSR count). The van der Waals surface area contributed by atoms with Gasteiger partial charge in [-0.3, -0.25) is 4.79 Å². The fraction of sp³-hybridized carbons (Fsp3) is 0.211. The fourth-order valence-corrected chi connectivity index (χ4v) is 4.34. The Balaban J connectivity index is 2.35. The number of ether oxygens (including phenoxy) is 1. The number of hydrogen-bond donors (Lipinski definition) is 1. The van der Waals surface area contributed by atoms with Gasteiger partial charge in [0.1, 0.15) is 5.75 Å². The fourth-order valence-electron chi connectivity index (χ4n) is 2.58. The summed E-state index contributed by atoms with van der Waals surface area (Å²) in [6.07, 6.45) is -3.72. The number of benzene rings is 2. The molecule has 0 saturated heterocycles. The second-order valence-corrected chi connectivity index (χ2v) is 8.32. The molecule has 0 heterocycles. The summed E-state index contributed by atoms with van der Waals surface area (Å²) in [5, 5.41) is 2.74. The van der Waals surface area contributed by atoms with E-state index in [0.717, 1.165) is 12.1 Å². The van der Waals surface area contributed by atoms with Crippen LogP contribution >= 0.6 is 11.6 Å². The van der Waals surface area contributed by atoms with Crippen LogP contribution in [0.5, 0.6) is 5.75 Å². The summed E-state index contributed by atoms with van der Waals surface area (Å²) in [5.41, 5.74) is -1.14. The molecule has 30 heavy (non-hydrogen) atoms. The molecule has 0 atom stereocenters. The number of nitrogens with one attached hydrogen (secondary N) is 1. The molecule has 0 aliphatic heterocycles. The van der Waals surface area contributed by atoms with Crippen molar-refractivity contribution in [2.75, 3.05) is 25.5 Å². The topological polar surface area (TPSA) is 75.7 Å². The van der Waals surface area contributed by atoms with E-state index >= 15 is 0 Å². The van der Waals surface area contributed by atoms with E-state index in [2.05, 4.69) is 11.9 Å². The Morgan fingerprint density at radius 1 is 1.27 bits per heavy atom. The second kappa shape index (κ2) is 9.50. The van der Waals surface area contributed by atoms with Gasteiger partial charge >= 0.3 is 6.18 Å². The standard InChI is InChI=1S/C19H18ClF3N2O4S/c1-3-10-25(12-18(26)24-15-11-13(20)8-9-16(15)29-2)30(27,28)17-7-5-4-6-14(17)19(21,22)23/h3-9,11H,1,10,12H2,2H3,(H,24,26). The first kappa shape index (κ1) is 23.7. The third-order valence-electron chi connectivity index (χ3n) is 3.90. The number of nitrogens with zero attached hydrogens (tertiary/aromatic N) is 1. The van der Waals surface area contributed by atoms with Crippen molar-refractivity contribution in [1.29, 1.82) is 0 Å². The van der Waals surface area contributed by atoms with Crippen LogP contribution in [0.1, 0.15) is 5.56 Å². The first-order chi connectivity index (χ1) is 14.0. The molecule has 0 aliphatic carbocycles. The van der Waals surface area contributed by atoms with E-state index in [0.29, 0.717) is 15.4 Å². The molecule has 0 spiro atoms. The maximum absolute atomic E-state index is 13.3. The Kier molecular flexibility index (Phi) is 7.51. The SMILES string of the molecule is C=CCN(CC(=O)Nc1cc(Cl)ccc1OC)S(=O)(=O)c1ccccc1C(F)(F)F. The van der Waals surface area contributed by atoms with Crippen LogP contribution in [0.15, 0.2) is 60.0 Å². The molecule has 0 saturated carbocycles. The molecule has 162 valence electrons. The molecule has 6 nitrogen and oxygen atoms in total. The van der Waals surface area contributed by atoms with Crippen molar-refractivity contribution in [3.8, 4) is 5.75 Å². The minimum absolute atomic E-state index is 0.182. The van der Waals surface area contributed by atoms with Crippen LogP contribution in [0.4, 0.5) is 18.9 Å². The van der Waals surface area contributed by atoms with Crippen LogP contribution in [0, 0.1) is 0 Å². The molecule has 0 unspecified atom stereocenters. The summed E-state index contributed by atoms with van der Waals surface area (Å²) in [4.78, 5) is 11.5. The van der Waals surface area contributed by atoms with Gasteiger partial charge in [-0.15, -0.1) is 6.58 Å². The first-order valence-corrected chi connectivity index (χ1v) is 10.2. The summed E-state index contributed by atoms with van der Waals surface area (Å²) >= 11 is 5.89. The van der Waals surface area contributed by atoms with Gasteiger partial charge in [-0.25, -0.2) is 8.42 Å². The van der Waals surface area contributed by atoms with Crippen molar-refractivity contribution in [2.45, 2.75) is 11.1 Å². The van der Waals surface area contributed by atoms with Gasteiger partial charge in [0.05, 0.1) is 29.8 Å². The number of amides is 1. The minimum atomic E-state index is -4.89. The van der Waals surface area contributed by atoms with Gasteiger partial charge in [0.2, 0.25) is 15.9 Å². The zero-order valence-electron chi connectivity index (χ0n) is 15.7. The predicted octanol–water partition coefficient (Wildman–Crippen LogP) is 4.18. The zero-order valence-corrected chi connectivity index (χ0v) is 17.3. The lowest BCUT2D eigenvalue weighted by atomic mass is 10.2. The van der Waals surface area contributed by atoms with E-state index in [9.17, 15) is 26.4 Å². The van der Waals surface area contributed by atoms with Crippen LogP contribution in [0.25, 0.3) is 0 Å². The van der Waals surface area contributed by atoms with Crippen molar-refractivity contribution in [1.82, 2.24) is 4.31 Å². The molecule has 0 bridgehead atoms. The molecule has 0 aromatic heterocycles. The summed E-state index contributed by atoms with van der Waals surface area (Å²) in [7, 11) is -3.30. The second-order valence-electron chi connectivity index (χ2n) is 5.97. The summed E-state index contributed by atoms with van der Waals surface area (Å²) in [6, 6.07) is 8.17. The molecular weight excluding hydrogens is 445 g/mol. The molecule has 2 aromatic carbocycles. The van der Waals surface area contributed by atoms with E-state index in [4.69, 9.17) is 16.3 Å². The average Bonchev–Trinajstić information content (AvgIpc) is 2.67. The quantitative estimate of drug-likeness (QED) is 0.597. The van der Waals surface area contributed by atoms with Gasteiger partial charge in [-0.1, -0.05) is 29.8 Å². The molecule has 0 fully saturated rings. The molecular formula is C19H18ClF3N2O4S. The normalized spacial score (nSPS) is 11.9. The number of sulfonamides is 1. The summed E-state index contributed by atoms with van der Waals surface area (Å²) < 4.78 is 71.4. The zero-order chi connectivity index (χ0) is 22.5. The Morgan fingerprint density at radius 3 is 2.53 bits per heavy atom. The first-order valence-electron chi connectivity index (χ1n) is 8.41. The number of carbonyl (C=O) groups is 1. The van der Waals surface area contributed by atoms with Crippen molar-refractivity contribution in [2.24, 2.45) is 0 Å². The van der Waals surface area contributed by atoms with Gasteiger partial charge in [0.25, 0.3) is 0 Å². The summed E-state index contributed by atoms with van der Waals surface area (Å²) in [6.45, 7) is 2.28. The predicted molar refractivity (Wildman–Crippen MR) is 107 cm³/mol. The Bertz CT molecular complexity index is 1040. The average molecular weight is 463 g/mol. The van der Waals surface area contributed by atoms with Crippen molar-refractivity contribution in [3.05, 3.63) is 65.7 Å². The highest BCUT2D eigenvalue weighted by molar-refractivity contribution is 7.89. The van der Waals surface area contributed by atoms with Crippen LogP contribution in [-0.2, 0) is 21.0 Å². The number of anilines is 1. The summed E-state index contributed by atoms with van der Waals surface area (Å²) in [5.74, 6) is -0.529. The number of rotatable bonds is 8. The van der Waals surface area contributed by atoms with Gasteiger partial charge in [-0.2, -0.15) is 17.5 Å². The Hall–Kier alpha value is -2.56. The van der Waals surface area contributed by atoms with Crippen LogP contribution in [0.2, 0.25) is 5.02 Å². The lowest BCUT2D eigenvalue weighted by Crippen LogP contribution is -2.38. The lowest BCUT2D eigenvalue weighted by Gasteiger charge is -2.22. The highest BCUT2D eigenvalue weighted by atomic mass is 35.5. The molecule has 11 heteroatoms. The van der Waals surface area contributed by atoms with Crippen molar-refractivity contribution >= 4 is 33.2 Å². The number of halogens is 4. The van der Waals surface area contributed by atoms with E-state index in [1.165, 1.54) is 37.5 Å². The van der Waals surface area contributed by atoms with E-state index < -0.39 is 39.1 Å². The van der Waals surface area contributed by atoms with Crippen molar-refractivity contribution in [3.63, 3.8) is 0 Å². The van der Waals surface area contributed by atoms with Gasteiger partial charge in [0.15, 0.2) is 0 Å². The van der Waals surface area contributed by atoms with Crippen LogP contribution in [-0.4, -0.2) is 38.8 Å². The largest absolute Gasteiger partial charge is 0.495 e. The highest BCUT2D eigenvalue weighted by Crippen LogP contribution is 2.35. The molecule has 1 N–H and O–H groups in total. The Morgan fingerprint density at radius 2 is 1.93 bits per heavy atom. The lowest BCUT2D eigenvalue weighted by molar-refractivity contribution is -0.139. The van der Waals surface area contributed by atoms with Gasteiger partial charge < -0.3 is 10.1 Å². The monoisotopic (exact) mass is 462 g/mol.